The smallest absolute Gasteiger partial charge is 0.416 e. The zero-order valence-corrected chi connectivity index (χ0v) is 11.4. The van der Waals surface area contributed by atoms with E-state index >= 15 is 0 Å². The minimum atomic E-state index is -4.54. The molecule has 1 N–H and O–H groups in total. The van der Waals surface area contributed by atoms with E-state index in [-0.39, 0.29) is 11.3 Å². The van der Waals surface area contributed by atoms with Gasteiger partial charge in [0.25, 0.3) is 11.8 Å². The number of hydrogen-bond acceptors (Lipinski definition) is 3. The molecule has 2 amide bonds. The van der Waals surface area contributed by atoms with Gasteiger partial charge in [0.15, 0.2) is 0 Å². The van der Waals surface area contributed by atoms with Gasteiger partial charge in [-0.1, -0.05) is 6.07 Å². The first kappa shape index (κ1) is 14.9. The molecule has 1 aromatic carbocycles. The fourth-order valence-electron chi connectivity index (χ4n) is 2.08. The summed E-state index contributed by atoms with van der Waals surface area (Å²) in [5, 5.41) is 0.781. The molecular weight excluding hydrogens is 313 g/mol. The Kier molecular flexibility index (Phi) is 3.44. The van der Waals surface area contributed by atoms with Crippen LogP contribution in [0.15, 0.2) is 52.8 Å². The summed E-state index contributed by atoms with van der Waals surface area (Å²) in [6.45, 7) is 0. The highest BCUT2D eigenvalue weighted by atomic mass is 19.4. The fraction of sp³-hybridized carbons (Fsp3) is 0.0667. The molecule has 0 aliphatic carbocycles. The van der Waals surface area contributed by atoms with Crippen molar-refractivity contribution in [3.05, 3.63) is 59.6 Å². The van der Waals surface area contributed by atoms with E-state index in [9.17, 15) is 22.8 Å². The molecule has 118 valence electrons. The monoisotopic (exact) mass is 322 g/mol. The van der Waals surface area contributed by atoms with E-state index < -0.39 is 23.6 Å². The Hall–Kier alpha value is -3.03. The quantitative estimate of drug-likeness (QED) is 0.683. The number of nitrogens with zero attached hydrogens (tertiary/aromatic N) is 1. The second kappa shape index (κ2) is 5.31. The number of nitrogens with one attached hydrogen (secondary N) is 1. The molecule has 1 fully saturated rings. The maximum Gasteiger partial charge on any atom is 0.416 e. The number of alkyl halides is 3. The number of anilines is 1. The largest absolute Gasteiger partial charge is 0.472 e. The number of rotatable bonds is 2. The molecule has 0 bridgehead atoms. The lowest BCUT2D eigenvalue weighted by Gasteiger charge is -2.16. The summed E-state index contributed by atoms with van der Waals surface area (Å²) < 4.78 is 43.1. The summed E-state index contributed by atoms with van der Waals surface area (Å²) in [4.78, 5) is 24.1. The molecule has 1 saturated heterocycles. The molecule has 0 atom stereocenters. The zero-order valence-electron chi connectivity index (χ0n) is 11.4. The van der Waals surface area contributed by atoms with Gasteiger partial charge in [-0.2, -0.15) is 13.2 Å². The SMILES string of the molecule is O=C1NN(c2cccc(C(F)(F)F)c2)C(=O)/C1=C/c1ccoc1. The standard InChI is InChI=1S/C15H9F3N2O3/c16-15(17,18)10-2-1-3-11(7-10)20-14(22)12(13(21)19-20)6-9-4-5-23-8-9/h1-8H,(H,19,21)/b12-6+. The highest BCUT2D eigenvalue weighted by Gasteiger charge is 2.36. The predicted octanol–water partition coefficient (Wildman–Crippen LogP) is 2.76. The Morgan fingerprint density at radius 3 is 2.61 bits per heavy atom. The lowest BCUT2D eigenvalue weighted by molar-refractivity contribution is -0.137. The van der Waals surface area contributed by atoms with Crippen LogP contribution in [0.5, 0.6) is 0 Å². The first-order valence-electron chi connectivity index (χ1n) is 6.43. The van der Waals surface area contributed by atoms with Crippen molar-refractivity contribution in [1.82, 2.24) is 5.43 Å². The summed E-state index contributed by atoms with van der Waals surface area (Å²) in [6, 6.07) is 5.68. The molecule has 3 rings (SSSR count). The minimum absolute atomic E-state index is 0.0752. The van der Waals surface area contributed by atoms with E-state index in [0.717, 1.165) is 23.2 Å². The Morgan fingerprint density at radius 2 is 1.96 bits per heavy atom. The molecule has 23 heavy (non-hydrogen) atoms. The molecular formula is C15H9F3N2O3. The van der Waals surface area contributed by atoms with Gasteiger partial charge < -0.3 is 4.42 Å². The van der Waals surface area contributed by atoms with Gasteiger partial charge >= 0.3 is 6.18 Å². The number of benzene rings is 1. The number of carbonyl (C=O) groups is 2. The van der Waals surface area contributed by atoms with E-state index in [4.69, 9.17) is 4.42 Å². The summed E-state index contributed by atoms with van der Waals surface area (Å²) in [6.07, 6.45) is -0.540. The molecule has 5 nitrogen and oxygen atoms in total. The van der Waals surface area contributed by atoms with Crippen molar-refractivity contribution in [2.45, 2.75) is 6.18 Å². The Labute approximate surface area is 128 Å². The zero-order chi connectivity index (χ0) is 16.6. The van der Waals surface area contributed by atoms with Gasteiger partial charge in [0, 0.05) is 5.56 Å². The first-order chi connectivity index (χ1) is 10.9. The fourth-order valence-corrected chi connectivity index (χ4v) is 2.08. The summed E-state index contributed by atoms with van der Waals surface area (Å²) in [5.74, 6) is -1.44. The second-order valence-corrected chi connectivity index (χ2v) is 4.74. The van der Waals surface area contributed by atoms with E-state index in [1.165, 1.54) is 24.7 Å². The second-order valence-electron chi connectivity index (χ2n) is 4.74. The highest BCUT2D eigenvalue weighted by molar-refractivity contribution is 6.31. The molecule has 2 aromatic rings. The van der Waals surface area contributed by atoms with Gasteiger partial charge in [-0.05, 0) is 30.3 Å². The molecule has 0 saturated carbocycles. The lowest BCUT2D eigenvalue weighted by Crippen LogP contribution is -2.35. The lowest BCUT2D eigenvalue weighted by atomic mass is 10.1. The third kappa shape index (κ3) is 2.83. The van der Waals surface area contributed by atoms with Crippen molar-refractivity contribution in [2.24, 2.45) is 0 Å². The topological polar surface area (TPSA) is 62.6 Å². The molecule has 2 heterocycles. The number of carbonyl (C=O) groups excluding carboxylic acids is 2. The van der Waals surface area contributed by atoms with Gasteiger partial charge in [0.1, 0.15) is 5.57 Å². The van der Waals surface area contributed by atoms with Gasteiger partial charge in [0.2, 0.25) is 0 Å². The van der Waals surface area contributed by atoms with Crippen LogP contribution in [0.3, 0.4) is 0 Å². The average Bonchev–Trinajstić information content (AvgIpc) is 3.10. The molecule has 1 aliphatic rings. The van der Waals surface area contributed by atoms with Crippen molar-refractivity contribution in [1.29, 1.82) is 0 Å². The van der Waals surface area contributed by atoms with Crippen LogP contribution in [0.25, 0.3) is 6.08 Å². The number of amides is 2. The van der Waals surface area contributed by atoms with Crippen molar-refractivity contribution >= 4 is 23.6 Å². The molecule has 0 spiro atoms. The first-order valence-corrected chi connectivity index (χ1v) is 6.43. The van der Waals surface area contributed by atoms with Gasteiger partial charge in [-0.25, -0.2) is 5.01 Å². The molecule has 1 aromatic heterocycles. The molecule has 8 heteroatoms. The van der Waals surface area contributed by atoms with E-state index in [0.29, 0.717) is 5.56 Å². The summed E-state index contributed by atoms with van der Waals surface area (Å²) in [7, 11) is 0. The van der Waals surface area contributed by atoms with Crippen molar-refractivity contribution in [3.8, 4) is 0 Å². The Morgan fingerprint density at radius 1 is 1.17 bits per heavy atom. The van der Waals surface area contributed by atoms with E-state index in [2.05, 4.69) is 5.43 Å². The van der Waals surface area contributed by atoms with Crippen LogP contribution in [0.4, 0.5) is 18.9 Å². The van der Waals surface area contributed by atoms with Crippen LogP contribution in [-0.4, -0.2) is 11.8 Å². The van der Waals surface area contributed by atoms with Crippen LogP contribution >= 0.6 is 0 Å². The summed E-state index contributed by atoms with van der Waals surface area (Å²) in [5.41, 5.74) is 1.56. The van der Waals surface area contributed by atoms with Crippen molar-refractivity contribution in [3.63, 3.8) is 0 Å². The normalized spacial score (nSPS) is 17.0. The number of hydrogen-bond donors (Lipinski definition) is 1. The Balaban J connectivity index is 1.94. The van der Waals surface area contributed by atoms with Crippen LogP contribution in [0.1, 0.15) is 11.1 Å². The minimum Gasteiger partial charge on any atom is -0.472 e. The average molecular weight is 322 g/mol. The van der Waals surface area contributed by atoms with Crippen molar-refractivity contribution < 1.29 is 27.2 Å². The third-order valence-electron chi connectivity index (χ3n) is 3.18. The summed E-state index contributed by atoms with van der Waals surface area (Å²) >= 11 is 0. The van der Waals surface area contributed by atoms with E-state index in [1.54, 1.807) is 6.07 Å². The van der Waals surface area contributed by atoms with Crippen LogP contribution < -0.4 is 10.4 Å². The maximum absolute atomic E-state index is 12.7. The molecule has 0 radical (unpaired) electrons. The van der Waals surface area contributed by atoms with Gasteiger partial charge in [0.05, 0.1) is 23.8 Å². The highest BCUT2D eigenvalue weighted by Crippen LogP contribution is 2.32. The van der Waals surface area contributed by atoms with E-state index in [1.807, 2.05) is 0 Å². The number of halogens is 3. The maximum atomic E-state index is 12.7. The number of hydrazine groups is 1. The predicted molar refractivity (Wildman–Crippen MR) is 73.8 cm³/mol. The van der Waals surface area contributed by atoms with Gasteiger partial charge in [-0.3, -0.25) is 15.0 Å². The van der Waals surface area contributed by atoms with Crippen LogP contribution in [-0.2, 0) is 15.8 Å². The van der Waals surface area contributed by atoms with Crippen molar-refractivity contribution in [2.75, 3.05) is 5.01 Å². The van der Waals surface area contributed by atoms with Gasteiger partial charge in [-0.15, -0.1) is 0 Å². The molecule has 0 unspecified atom stereocenters. The number of furan rings is 1. The third-order valence-corrected chi connectivity index (χ3v) is 3.18. The van der Waals surface area contributed by atoms with Crippen LogP contribution in [0.2, 0.25) is 0 Å². The molecule has 1 aliphatic heterocycles. The van der Waals surface area contributed by atoms with Crippen LogP contribution in [0, 0.1) is 0 Å². The Bertz CT molecular complexity index is 795.